The summed E-state index contributed by atoms with van der Waals surface area (Å²) in [5.74, 6) is 1.12. The van der Waals surface area contributed by atoms with Crippen molar-refractivity contribution in [3.63, 3.8) is 0 Å². The van der Waals surface area contributed by atoms with Gasteiger partial charge in [0.15, 0.2) is 0 Å². The summed E-state index contributed by atoms with van der Waals surface area (Å²) in [6.07, 6.45) is -0.522. The molecule has 1 saturated carbocycles. The molecule has 0 N–H and O–H groups in total. The summed E-state index contributed by atoms with van der Waals surface area (Å²) in [4.78, 5) is 1.56. The van der Waals surface area contributed by atoms with Gasteiger partial charge in [0, 0.05) is 13.1 Å². The lowest BCUT2D eigenvalue weighted by molar-refractivity contribution is -0.144. The molecule has 2 fully saturated rings. The molecule has 0 aromatic heterocycles. The normalized spacial score (nSPS) is 35.3. The molecular weight excluding hydrogens is 179 g/mol. The van der Waals surface area contributed by atoms with Crippen LogP contribution in [0.15, 0.2) is 0 Å². The summed E-state index contributed by atoms with van der Waals surface area (Å²) in [7, 11) is 0. The lowest BCUT2D eigenvalue weighted by Gasteiger charge is -2.18. The molecule has 0 amide bonds. The number of hydrogen-bond donors (Lipinski definition) is 0. The Morgan fingerprint density at radius 1 is 1.08 bits per heavy atom. The van der Waals surface area contributed by atoms with E-state index in [4.69, 9.17) is 0 Å². The number of halogens is 3. The summed E-state index contributed by atoms with van der Waals surface area (Å²) in [5.41, 5.74) is 0. The fraction of sp³-hybridized carbons (Fsp3) is 1.00. The molecule has 0 bridgehead atoms. The van der Waals surface area contributed by atoms with E-state index >= 15 is 0 Å². The number of rotatable bonds is 1. The van der Waals surface area contributed by atoms with Gasteiger partial charge in [-0.3, -0.25) is 4.90 Å². The van der Waals surface area contributed by atoms with Crippen LogP contribution in [0, 0.1) is 11.8 Å². The average molecular weight is 193 g/mol. The van der Waals surface area contributed by atoms with Crippen molar-refractivity contribution in [2.75, 3.05) is 19.6 Å². The Bertz CT molecular complexity index is 178. The molecule has 2 rings (SSSR count). The van der Waals surface area contributed by atoms with Gasteiger partial charge in [0.1, 0.15) is 0 Å². The van der Waals surface area contributed by atoms with Crippen molar-refractivity contribution < 1.29 is 13.2 Å². The predicted octanol–water partition coefficient (Wildman–Crippen LogP) is 2.28. The Labute approximate surface area is 75.9 Å². The summed E-state index contributed by atoms with van der Waals surface area (Å²) >= 11 is 0. The molecule has 4 heteroatoms. The molecule has 2 aliphatic rings. The highest BCUT2D eigenvalue weighted by Gasteiger charge is 2.40. The van der Waals surface area contributed by atoms with Crippen LogP contribution >= 0.6 is 0 Å². The van der Waals surface area contributed by atoms with E-state index in [2.05, 4.69) is 0 Å². The fourth-order valence-corrected chi connectivity index (χ4v) is 2.71. The molecule has 1 heterocycles. The molecule has 2 unspecified atom stereocenters. The van der Waals surface area contributed by atoms with Crippen LogP contribution in [0.4, 0.5) is 13.2 Å². The quantitative estimate of drug-likeness (QED) is 0.617. The number of fused-ring (bicyclic) bond motifs is 1. The fourth-order valence-electron chi connectivity index (χ4n) is 2.71. The van der Waals surface area contributed by atoms with Crippen LogP contribution in [0.3, 0.4) is 0 Å². The van der Waals surface area contributed by atoms with E-state index in [0.717, 1.165) is 12.8 Å². The second-order valence-electron chi connectivity index (χ2n) is 4.26. The number of hydrogen-bond acceptors (Lipinski definition) is 1. The largest absolute Gasteiger partial charge is 0.401 e. The predicted molar refractivity (Wildman–Crippen MR) is 43.3 cm³/mol. The maximum atomic E-state index is 12.0. The van der Waals surface area contributed by atoms with Crippen molar-refractivity contribution in [1.29, 1.82) is 0 Å². The highest BCUT2D eigenvalue weighted by Crippen LogP contribution is 2.38. The number of likely N-dealkylation sites (tertiary alicyclic amines) is 1. The molecule has 1 aliphatic carbocycles. The van der Waals surface area contributed by atoms with E-state index in [0.29, 0.717) is 24.9 Å². The third-order valence-corrected chi connectivity index (χ3v) is 3.20. The van der Waals surface area contributed by atoms with E-state index in [1.54, 1.807) is 4.90 Å². The Kier molecular flexibility index (Phi) is 2.26. The lowest BCUT2D eigenvalue weighted by atomic mass is 10.0. The van der Waals surface area contributed by atoms with Gasteiger partial charge in [0.2, 0.25) is 0 Å². The standard InChI is InChI=1S/C9H14F3N/c10-9(11,12)6-13-4-7-2-1-3-8(7)5-13/h7-8H,1-6H2. The van der Waals surface area contributed by atoms with Gasteiger partial charge in [-0.25, -0.2) is 0 Å². The summed E-state index contributed by atoms with van der Waals surface area (Å²) in [5, 5.41) is 0. The van der Waals surface area contributed by atoms with Gasteiger partial charge in [0.25, 0.3) is 0 Å². The van der Waals surface area contributed by atoms with Gasteiger partial charge in [-0.2, -0.15) is 13.2 Å². The molecule has 1 nitrogen and oxygen atoms in total. The molecule has 0 spiro atoms. The van der Waals surface area contributed by atoms with Crippen LogP contribution in [0.1, 0.15) is 19.3 Å². The second-order valence-corrected chi connectivity index (χ2v) is 4.26. The monoisotopic (exact) mass is 193 g/mol. The minimum Gasteiger partial charge on any atom is -0.294 e. The minimum absolute atomic E-state index is 0.558. The van der Waals surface area contributed by atoms with Crippen molar-refractivity contribution in [3.05, 3.63) is 0 Å². The highest BCUT2D eigenvalue weighted by atomic mass is 19.4. The first-order valence-electron chi connectivity index (χ1n) is 4.84. The van der Waals surface area contributed by atoms with E-state index in [1.165, 1.54) is 6.42 Å². The van der Waals surface area contributed by atoms with Gasteiger partial charge in [0.05, 0.1) is 6.54 Å². The Balaban J connectivity index is 1.85. The van der Waals surface area contributed by atoms with Crippen molar-refractivity contribution in [3.8, 4) is 0 Å². The molecule has 0 radical (unpaired) electrons. The molecule has 1 saturated heterocycles. The van der Waals surface area contributed by atoms with Gasteiger partial charge < -0.3 is 0 Å². The zero-order chi connectivity index (χ0) is 9.47. The van der Waals surface area contributed by atoms with Crippen LogP contribution < -0.4 is 0 Å². The summed E-state index contributed by atoms with van der Waals surface area (Å²) in [6, 6.07) is 0. The molecule has 0 aromatic rings. The van der Waals surface area contributed by atoms with E-state index in [1.807, 2.05) is 0 Å². The SMILES string of the molecule is FC(F)(F)CN1CC2CCCC2C1. The van der Waals surface area contributed by atoms with Crippen LogP contribution in [0.2, 0.25) is 0 Å². The molecule has 1 aliphatic heterocycles. The zero-order valence-electron chi connectivity index (χ0n) is 7.48. The van der Waals surface area contributed by atoms with Crippen LogP contribution in [0.5, 0.6) is 0 Å². The van der Waals surface area contributed by atoms with Gasteiger partial charge in [-0.15, -0.1) is 0 Å². The Morgan fingerprint density at radius 3 is 2.08 bits per heavy atom. The topological polar surface area (TPSA) is 3.24 Å². The summed E-state index contributed by atoms with van der Waals surface area (Å²) < 4.78 is 36.1. The average Bonchev–Trinajstić information content (AvgIpc) is 2.40. The molecule has 76 valence electrons. The van der Waals surface area contributed by atoms with Crippen molar-refractivity contribution in [2.24, 2.45) is 11.8 Å². The van der Waals surface area contributed by atoms with Crippen molar-refractivity contribution in [2.45, 2.75) is 25.4 Å². The molecule has 0 aromatic carbocycles. The molecule has 2 atom stereocenters. The zero-order valence-corrected chi connectivity index (χ0v) is 7.48. The second kappa shape index (κ2) is 3.15. The Hall–Kier alpha value is -0.250. The van der Waals surface area contributed by atoms with Gasteiger partial charge >= 0.3 is 6.18 Å². The molecular formula is C9H14F3N. The minimum atomic E-state index is -4.02. The first-order chi connectivity index (χ1) is 6.04. The van der Waals surface area contributed by atoms with E-state index < -0.39 is 12.7 Å². The smallest absolute Gasteiger partial charge is 0.294 e. The van der Waals surface area contributed by atoms with Crippen LogP contribution in [0.25, 0.3) is 0 Å². The van der Waals surface area contributed by atoms with Crippen molar-refractivity contribution >= 4 is 0 Å². The number of alkyl halides is 3. The van der Waals surface area contributed by atoms with Crippen LogP contribution in [-0.2, 0) is 0 Å². The lowest BCUT2D eigenvalue weighted by Crippen LogP contribution is -2.33. The van der Waals surface area contributed by atoms with Crippen LogP contribution in [-0.4, -0.2) is 30.7 Å². The first-order valence-corrected chi connectivity index (χ1v) is 4.84. The Morgan fingerprint density at radius 2 is 1.62 bits per heavy atom. The maximum Gasteiger partial charge on any atom is 0.401 e. The van der Waals surface area contributed by atoms with Gasteiger partial charge in [-0.1, -0.05) is 6.42 Å². The highest BCUT2D eigenvalue weighted by molar-refractivity contribution is 4.88. The van der Waals surface area contributed by atoms with Crippen molar-refractivity contribution in [1.82, 2.24) is 4.90 Å². The van der Waals surface area contributed by atoms with Gasteiger partial charge in [-0.05, 0) is 24.7 Å². The summed E-state index contributed by atoms with van der Waals surface area (Å²) in [6.45, 7) is 0.633. The third-order valence-electron chi connectivity index (χ3n) is 3.20. The maximum absolute atomic E-state index is 12.0. The third kappa shape index (κ3) is 2.16. The van der Waals surface area contributed by atoms with E-state index in [-0.39, 0.29) is 0 Å². The first kappa shape index (κ1) is 9.31. The van der Waals surface area contributed by atoms with E-state index in [9.17, 15) is 13.2 Å². The molecule has 13 heavy (non-hydrogen) atoms. The number of nitrogens with zero attached hydrogens (tertiary/aromatic N) is 1.